The monoisotopic (exact) mass is 591 g/mol. The Hall–Kier alpha value is -2.98. The standard InChI is InChI=1S/C27H45N5O6.C4H8/c1-7-10-16(8-2)19(21(34)17-12-13-17)30-26(38)31-22(27(4,5)6)25(37)32-14-9-11-18(32)24(36)29-15(3)20(33)23(28)35;1-4-2-3-4/h15-19,22H,7-14H2,1-6H3,(H2,28,35)(H,29,36)(H2,30,31,38);4H,2-3H2,1H3/t15?,16?,18-,19?,22?;/m0./s1. The van der Waals surface area contributed by atoms with Crippen LogP contribution in [0.3, 0.4) is 0 Å². The summed E-state index contributed by atoms with van der Waals surface area (Å²) in [5.41, 5.74) is 4.32. The molecule has 4 unspecified atom stereocenters. The topological polar surface area (TPSA) is 168 Å². The summed E-state index contributed by atoms with van der Waals surface area (Å²) in [7, 11) is 0. The first kappa shape index (κ1) is 35.2. The van der Waals surface area contributed by atoms with Gasteiger partial charge in [-0.1, -0.05) is 67.2 Å². The van der Waals surface area contributed by atoms with E-state index in [2.05, 4.69) is 22.9 Å². The molecule has 5 N–H and O–H groups in total. The van der Waals surface area contributed by atoms with Crippen LogP contribution in [0.25, 0.3) is 0 Å². The van der Waals surface area contributed by atoms with Gasteiger partial charge in [0.2, 0.25) is 17.6 Å². The third-order valence-electron chi connectivity index (χ3n) is 8.32. The zero-order chi connectivity index (χ0) is 31.8. The molecule has 0 aromatic rings. The number of Topliss-reactive ketones (excluding diaryl/α,β-unsaturated/α-hetero) is 2. The van der Waals surface area contributed by atoms with E-state index in [1.807, 2.05) is 34.6 Å². The Kier molecular flexibility index (Phi) is 13.0. The highest BCUT2D eigenvalue weighted by molar-refractivity contribution is 6.37. The molecular weight excluding hydrogens is 538 g/mol. The van der Waals surface area contributed by atoms with E-state index in [0.29, 0.717) is 19.4 Å². The van der Waals surface area contributed by atoms with Crippen LogP contribution in [0.2, 0.25) is 0 Å². The Morgan fingerprint density at radius 2 is 1.52 bits per heavy atom. The summed E-state index contributed by atoms with van der Waals surface area (Å²) in [6.07, 6.45) is 8.05. The summed E-state index contributed by atoms with van der Waals surface area (Å²) >= 11 is 0. The number of rotatable bonds is 13. The van der Waals surface area contributed by atoms with Gasteiger partial charge in [0.05, 0.1) is 12.1 Å². The molecule has 238 valence electrons. The Labute approximate surface area is 250 Å². The van der Waals surface area contributed by atoms with Gasteiger partial charge in [0.25, 0.3) is 5.91 Å². The molecule has 3 fully saturated rings. The van der Waals surface area contributed by atoms with E-state index in [9.17, 15) is 28.8 Å². The number of amides is 5. The third-order valence-corrected chi connectivity index (χ3v) is 8.32. The maximum Gasteiger partial charge on any atom is 0.316 e. The molecule has 0 radical (unpaired) electrons. The fraction of sp³-hybridized carbons (Fsp3) is 0.806. The van der Waals surface area contributed by atoms with E-state index in [0.717, 1.165) is 38.0 Å². The van der Waals surface area contributed by atoms with Gasteiger partial charge in [0.15, 0.2) is 5.78 Å². The van der Waals surface area contributed by atoms with E-state index in [-0.39, 0.29) is 17.6 Å². The fourth-order valence-corrected chi connectivity index (χ4v) is 5.21. The van der Waals surface area contributed by atoms with Crippen molar-refractivity contribution in [3.05, 3.63) is 0 Å². The molecule has 0 bridgehead atoms. The number of hydrogen-bond acceptors (Lipinski definition) is 6. The quantitative estimate of drug-likeness (QED) is 0.240. The van der Waals surface area contributed by atoms with Crippen LogP contribution in [0, 0.1) is 23.2 Å². The van der Waals surface area contributed by atoms with Crippen molar-refractivity contribution >= 4 is 35.3 Å². The second kappa shape index (κ2) is 15.5. The molecule has 3 aliphatic rings. The van der Waals surface area contributed by atoms with Gasteiger partial charge in [0.1, 0.15) is 12.1 Å². The van der Waals surface area contributed by atoms with Crippen LogP contribution in [-0.2, 0) is 24.0 Å². The molecule has 5 amide bonds. The van der Waals surface area contributed by atoms with Gasteiger partial charge in [-0.25, -0.2) is 4.79 Å². The van der Waals surface area contributed by atoms with Crippen LogP contribution in [0.1, 0.15) is 106 Å². The lowest BCUT2D eigenvalue weighted by molar-refractivity contribution is -0.143. The van der Waals surface area contributed by atoms with Crippen molar-refractivity contribution in [2.45, 2.75) is 130 Å². The average Bonchev–Trinajstić information content (AvgIpc) is 3.86. The number of carbonyl (C=O) groups excluding carboxylic acids is 6. The zero-order valence-electron chi connectivity index (χ0n) is 26.6. The van der Waals surface area contributed by atoms with Crippen molar-refractivity contribution < 1.29 is 28.8 Å². The molecule has 2 saturated carbocycles. The first-order valence-electron chi connectivity index (χ1n) is 15.7. The molecule has 11 nitrogen and oxygen atoms in total. The second-order valence-corrected chi connectivity index (χ2v) is 13.4. The molecule has 0 spiro atoms. The van der Waals surface area contributed by atoms with E-state index in [4.69, 9.17) is 5.73 Å². The number of likely N-dealkylation sites (tertiary alicyclic amines) is 1. The second-order valence-electron chi connectivity index (χ2n) is 13.4. The fourth-order valence-electron chi connectivity index (χ4n) is 5.21. The van der Waals surface area contributed by atoms with E-state index >= 15 is 0 Å². The van der Waals surface area contributed by atoms with Crippen molar-refractivity contribution in [2.75, 3.05) is 6.54 Å². The normalized spacial score (nSPS) is 21.1. The Morgan fingerprint density at radius 1 is 0.929 bits per heavy atom. The van der Waals surface area contributed by atoms with Crippen LogP contribution in [0.4, 0.5) is 4.79 Å². The minimum Gasteiger partial charge on any atom is -0.363 e. The highest BCUT2D eigenvalue weighted by Crippen LogP contribution is 2.33. The maximum absolute atomic E-state index is 13.7. The van der Waals surface area contributed by atoms with Gasteiger partial charge in [-0.2, -0.15) is 0 Å². The minimum atomic E-state index is -1.15. The molecule has 5 atom stereocenters. The predicted octanol–water partition coefficient (Wildman–Crippen LogP) is 2.84. The van der Waals surface area contributed by atoms with Crippen molar-refractivity contribution in [1.29, 1.82) is 0 Å². The average molecular weight is 592 g/mol. The minimum absolute atomic E-state index is 0.0133. The number of primary amides is 1. The highest BCUT2D eigenvalue weighted by atomic mass is 16.2. The predicted molar refractivity (Wildman–Crippen MR) is 160 cm³/mol. The van der Waals surface area contributed by atoms with Gasteiger partial charge in [-0.15, -0.1) is 0 Å². The first-order valence-corrected chi connectivity index (χ1v) is 15.7. The van der Waals surface area contributed by atoms with Crippen LogP contribution >= 0.6 is 0 Å². The number of nitrogens with two attached hydrogens (primary N) is 1. The Bertz CT molecular complexity index is 1000. The number of carbonyl (C=O) groups is 6. The van der Waals surface area contributed by atoms with E-state index < -0.39 is 59.1 Å². The Balaban J connectivity index is 0.00000141. The maximum atomic E-state index is 13.7. The molecule has 1 saturated heterocycles. The SMILES string of the molecule is CC1CC1.CCCC(CC)C(NC(=O)NC(C(=O)N1CCC[C@H]1C(=O)NC(C)C(=O)C(N)=O)C(C)(C)C)C(=O)C1CC1. The van der Waals surface area contributed by atoms with Crippen LogP contribution < -0.4 is 21.7 Å². The summed E-state index contributed by atoms with van der Waals surface area (Å²) in [6.45, 7) is 13.4. The van der Waals surface area contributed by atoms with Gasteiger partial charge in [-0.05, 0) is 56.3 Å². The molecule has 1 heterocycles. The third kappa shape index (κ3) is 10.4. The van der Waals surface area contributed by atoms with Gasteiger partial charge in [-0.3, -0.25) is 24.0 Å². The molecule has 0 aromatic carbocycles. The molecule has 0 aromatic heterocycles. The summed E-state index contributed by atoms with van der Waals surface area (Å²) in [6, 6.07) is -4.14. The van der Waals surface area contributed by atoms with Crippen molar-refractivity contribution in [1.82, 2.24) is 20.9 Å². The van der Waals surface area contributed by atoms with E-state index in [1.54, 1.807) is 0 Å². The summed E-state index contributed by atoms with van der Waals surface area (Å²) in [4.78, 5) is 77.2. The smallest absolute Gasteiger partial charge is 0.316 e. The van der Waals surface area contributed by atoms with Crippen LogP contribution in [0.15, 0.2) is 0 Å². The number of urea groups is 1. The summed E-state index contributed by atoms with van der Waals surface area (Å²) in [5.74, 6) is -1.93. The van der Waals surface area contributed by atoms with E-state index in [1.165, 1.54) is 24.7 Å². The molecule has 1 aliphatic heterocycles. The van der Waals surface area contributed by atoms with Crippen molar-refractivity contribution in [3.8, 4) is 0 Å². The largest absolute Gasteiger partial charge is 0.363 e. The number of hydrogen-bond donors (Lipinski definition) is 4. The lowest BCUT2D eigenvalue weighted by Gasteiger charge is -2.36. The van der Waals surface area contributed by atoms with Gasteiger partial charge < -0.3 is 26.6 Å². The molecule has 11 heteroatoms. The zero-order valence-corrected chi connectivity index (χ0v) is 26.6. The number of ketones is 2. The molecule has 2 aliphatic carbocycles. The van der Waals surface area contributed by atoms with Crippen molar-refractivity contribution in [3.63, 3.8) is 0 Å². The molecule has 42 heavy (non-hydrogen) atoms. The highest BCUT2D eigenvalue weighted by Gasteiger charge is 2.43. The molecule has 3 rings (SSSR count). The number of nitrogens with one attached hydrogen (secondary N) is 3. The van der Waals surface area contributed by atoms with Crippen LogP contribution in [-0.4, -0.2) is 70.9 Å². The van der Waals surface area contributed by atoms with Crippen LogP contribution in [0.5, 0.6) is 0 Å². The van der Waals surface area contributed by atoms with Gasteiger partial charge in [0, 0.05) is 12.5 Å². The molecular formula is C31H53N5O6. The first-order chi connectivity index (χ1) is 19.6. The van der Waals surface area contributed by atoms with Crippen molar-refractivity contribution in [2.24, 2.45) is 28.9 Å². The Morgan fingerprint density at radius 3 is 1.98 bits per heavy atom. The lowest BCUT2D eigenvalue weighted by Crippen LogP contribution is -2.61. The summed E-state index contributed by atoms with van der Waals surface area (Å²) < 4.78 is 0. The summed E-state index contributed by atoms with van der Waals surface area (Å²) in [5, 5.41) is 8.14. The number of nitrogens with zero attached hydrogens (tertiary/aromatic N) is 1. The lowest BCUT2D eigenvalue weighted by atomic mass is 9.85. The van der Waals surface area contributed by atoms with Gasteiger partial charge >= 0.3 is 6.03 Å².